The van der Waals surface area contributed by atoms with Gasteiger partial charge < -0.3 is 10.4 Å². The van der Waals surface area contributed by atoms with Gasteiger partial charge in [0.15, 0.2) is 0 Å². The molecule has 0 bridgehead atoms. The Morgan fingerprint density at radius 3 is 2.40 bits per heavy atom. The van der Waals surface area contributed by atoms with Crippen LogP contribution in [-0.4, -0.2) is 11.7 Å². The predicted molar refractivity (Wildman–Crippen MR) is 94.1 cm³/mol. The number of hydrogen-bond acceptors (Lipinski definition) is 2. The second-order valence-electron chi connectivity index (χ2n) is 4.19. The van der Waals surface area contributed by atoms with Gasteiger partial charge in [-0.15, -0.1) is 0 Å². The van der Waals surface area contributed by atoms with Crippen molar-refractivity contribution in [2.24, 2.45) is 0 Å². The van der Waals surface area contributed by atoms with Gasteiger partial charge in [0.2, 0.25) is 0 Å². The molecule has 0 saturated heterocycles. The lowest BCUT2D eigenvalue weighted by Crippen LogP contribution is -2.13. The molecule has 0 aliphatic rings. The Labute approximate surface area is 146 Å². The maximum Gasteiger partial charge on any atom is 0.0977 e. The number of aliphatic hydroxyl groups is 1. The van der Waals surface area contributed by atoms with Crippen molar-refractivity contribution in [1.29, 1.82) is 0 Å². The third kappa shape index (κ3) is 4.15. The SMILES string of the molecule is OC(CNc1ccc(Cl)cc1I)c1cc(Cl)ccc1Cl. The minimum absolute atomic E-state index is 0.331. The highest BCUT2D eigenvalue weighted by Crippen LogP contribution is 2.28. The number of benzene rings is 2. The molecule has 106 valence electrons. The molecule has 2 aromatic carbocycles. The lowest BCUT2D eigenvalue weighted by molar-refractivity contribution is 0.191. The lowest BCUT2D eigenvalue weighted by Gasteiger charge is -2.15. The molecule has 0 amide bonds. The maximum atomic E-state index is 10.2. The van der Waals surface area contributed by atoms with Crippen LogP contribution in [0.3, 0.4) is 0 Å². The van der Waals surface area contributed by atoms with Gasteiger partial charge in [-0.3, -0.25) is 0 Å². The number of anilines is 1. The van der Waals surface area contributed by atoms with Crippen molar-refractivity contribution in [1.82, 2.24) is 0 Å². The third-order valence-electron chi connectivity index (χ3n) is 2.73. The van der Waals surface area contributed by atoms with Gasteiger partial charge in [0.25, 0.3) is 0 Å². The molecule has 1 atom stereocenters. The van der Waals surface area contributed by atoms with E-state index in [4.69, 9.17) is 34.8 Å². The molecule has 0 aliphatic carbocycles. The summed E-state index contributed by atoms with van der Waals surface area (Å²) in [5.41, 5.74) is 1.52. The normalized spacial score (nSPS) is 12.2. The fourth-order valence-electron chi connectivity index (χ4n) is 1.72. The van der Waals surface area contributed by atoms with Crippen molar-refractivity contribution in [3.05, 3.63) is 60.6 Å². The van der Waals surface area contributed by atoms with Crippen LogP contribution < -0.4 is 5.32 Å². The molecule has 0 aliphatic heterocycles. The molecule has 0 aromatic heterocycles. The zero-order chi connectivity index (χ0) is 14.7. The van der Waals surface area contributed by atoms with Crippen molar-refractivity contribution < 1.29 is 5.11 Å². The summed E-state index contributed by atoms with van der Waals surface area (Å²) < 4.78 is 0.986. The first kappa shape index (κ1) is 16.2. The molecular weight excluding hydrogens is 431 g/mol. The van der Waals surface area contributed by atoms with Crippen LogP contribution >= 0.6 is 57.4 Å². The van der Waals surface area contributed by atoms with Crippen molar-refractivity contribution in [3.63, 3.8) is 0 Å². The Hall–Kier alpha value is -0.200. The minimum atomic E-state index is -0.743. The summed E-state index contributed by atoms with van der Waals surface area (Å²) in [5.74, 6) is 0. The van der Waals surface area contributed by atoms with Crippen LogP contribution in [0, 0.1) is 3.57 Å². The molecule has 1 unspecified atom stereocenters. The van der Waals surface area contributed by atoms with Gasteiger partial charge in [-0.25, -0.2) is 0 Å². The standard InChI is InChI=1S/C14H11Cl3INO/c15-8-1-3-11(17)10(5-8)14(20)7-19-13-4-2-9(16)6-12(13)18/h1-6,14,19-20H,7H2. The van der Waals surface area contributed by atoms with E-state index in [2.05, 4.69) is 27.9 Å². The molecule has 0 fully saturated rings. The predicted octanol–water partition coefficient (Wildman–Crippen LogP) is 5.40. The molecule has 2 nitrogen and oxygen atoms in total. The quantitative estimate of drug-likeness (QED) is 0.622. The molecule has 20 heavy (non-hydrogen) atoms. The van der Waals surface area contributed by atoms with Crippen LogP contribution in [0.5, 0.6) is 0 Å². The van der Waals surface area contributed by atoms with E-state index in [0.717, 1.165) is 9.26 Å². The second-order valence-corrected chi connectivity index (χ2v) is 6.63. The van der Waals surface area contributed by atoms with Crippen LogP contribution in [0.4, 0.5) is 5.69 Å². The average Bonchev–Trinajstić information content (AvgIpc) is 2.40. The van der Waals surface area contributed by atoms with Gasteiger partial charge in [-0.2, -0.15) is 0 Å². The smallest absolute Gasteiger partial charge is 0.0977 e. The number of hydrogen-bond donors (Lipinski definition) is 2. The first-order valence-electron chi connectivity index (χ1n) is 5.79. The van der Waals surface area contributed by atoms with Crippen molar-refractivity contribution >= 4 is 63.1 Å². The summed E-state index contributed by atoms with van der Waals surface area (Å²) in [5, 5.41) is 15.1. The van der Waals surface area contributed by atoms with E-state index in [1.54, 1.807) is 24.3 Å². The zero-order valence-corrected chi connectivity index (χ0v) is 14.6. The zero-order valence-electron chi connectivity index (χ0n) is 10.2. The first-order chi connectivity index (χ1) is 9.47. The summed E-state index contributed by atoms with van der Waals surface area (Å²) in [4.78, 5) is 0. The number of halogens is 4. The minimum Gasteiger partial charge on any atom is -0.387 e. The van der Waals surface area contributed by atoms with Crippen molar-refractivity contribution in [2.45, 2.75) is 6.10 Å². The molecule has 0 heterocycles. The van der Waals surface area contributed by atoms with E-state index in [9.17, 15) is 5.11 Å². The van der Waals surface area contributed by atoms with Gasteiger partial charge in [-0.05, 0) is 59.0 Å². The van der Waals surface area contributed by atoms with Gasteiger partial charge >= 0.3 is 0 Å². The molecule has 2 N–H and O–H groups in total. The topological polar surface area (TPSA) is 32.3 Å². The van der Waals surface area contributed by atoms with Gasteiger partial charge in [0, 0.05) is 36.4 Å². The molecule has 2 aromatic rings. The Morgan fingerprint density at radius 2 is 1.70 bits per heavy atom. The number of rotatable bonds is 4. The summed E-state index contributed by atoms with van der Waals surface area (Å²) >= 11 is 20.1. The fraction of sp³-hybridized carbons (Fsp3) is 0.143. The molecular formula is C14H11Cl3INO. The fourth-order valence-corrected chi connectivity index (χ4v) is 3.21. The molecule has 2 rings (SSSR count). The second kappa shape index (κ2) is 7.18. The van der Waals surface area contributed by atoms with Gasteiger partial charge in [0.1, 0.15) is 0 Å². The maximum absolute atomic E-state index is 10.2. The largest absolute Gasteiger partial charge is 0.387 e. The molecule has 0 saturated carbocycles. The van der Waals surface area contributed by atoms with Crippen LogP contribution in [0.25, 0.3) is 0 Å². The van der Waals surface area contributed by atoms with Crippen LogP contribution in [0.1, 0.15) is 11.7 Å². The lowest BCUT2D eigenvalue weighted by atomic mass is 10.1. The van der Waals surface area contributed by atoms with E-state index in [1.807, 2.05) is 12.1 Å². The highest BCUT2D eigenvalue weighted by atomic mass is 127. The summed E-state index contributed by atoms with van der Waals surface area (Å²) in [6.07, 6.45) is -0.743. The first-order valence-corrected chi connectivity index (χ1v) is 8.00. The van der Waals surface area contributed by atoms with Crippen LogP contribution in [-0.2, 0) is 0 Å². The van der Waals surface area contributed by atoms with Crippen molar-refractivity contribution in [2.75, 3.05) is 11.9 Å². The molecule has 0 spiro atoms. The Morgan fingerprint density at radius 1 is 1.05 bits per heavy atom. The highest BCUT2D eigenvalue weighted by Gasteiger charge is 2.12. The summed E-state index contributed by atoms with van der Waals surface area (Å²) in [6, 6.07) is 10.6. The van der Waals surface area contributed by atoms with Crippen molar-refractivity contribution in [3.8, 4) is 0 Å². The summed E-state index contributed by atoms with van der Waals surface area (Å²) in [7, 11) is 0. The van der Waals surface area contributed by atoms with E-state index < -0.39 is 6.10 Å². The highest BCUT2D eigenvalue weighted by molar-refractivity contribution is 14.1. The Bertz CT molecular complexity index is 621. The molecule has 6 heteroatoms. The Kier molecular flexibility index (Phi) is 5.81. The third-order valence-corrected chi connectivity index (χ3v) is 4.44. The molecule has 0 radical (unpaired) electrons. The van der Waals surface area contributed by atoms with E-state index in [-0.39, 0.29) is 0 Å². The van der Waals surface area contributed by atoms with Gasteiger partial charge in [-0.1, -0.05) is 34.8 Å². The Balaban J connectivity index is 2.08. The number of aliphatic hydroxyl groups excluding tert-OH is 1. The van der Waals surface area contributed by atoms with E-state index in [1.165, 1.54) is 0 Å². The van der Waals surface area contributed by atoms with E-state index >= 15 is 0 Å². The number of nitrogens with one attached hydrogen (secondary N) is 1. The monoisotopic (exact) mass is 441 g/mol. The van der Waals surface area contributed by atoms with E-state index in [0.29, 0.717) is 27.2 Å². The summed E-state index contributed by atoms with van der Waals surface area (Å²) in [6.45, 7) is 0.331. The van der Waals surface area contributed by atoms with Gasteiger partial charge in [0.05, 0.1) is 6.10 Å². The van der Waals surface area contributed by atoms with Crippen LogP contribution in [0.2, 0.25) is 15.1 Å². The van der Waals surface area contributed by atoms with Crippen LogP contribution in [0.15, 0.2) is 36.4 Å². The average molecular weight is 443 g/mol.